The molecule has 2 aromatic carbocycles. The molecule has 0 spiro atoms. The summed E-state index contributed by atoms with van der Waals surface area (Å²) >= 11 is 0. The van der Waals surface area contributed by atoms with Crippen LogP contribution in [0.5, 0.6) is 0 Å². The third-order valence-electron chi connectivity index (χ3n) is 4.54. The van der Waals surface area contributed by atoms with Crippen LogP contribution in [0, 0.1) is 0 Å². The third kappa shape index (κ3) is 3.77. The van der Waals surface area contributed by atoms with Crippen LogP contribution >= 0.6 is 0 Å². The van der Waals surface area contributed by atoms with Gasteiger partial charge in [0.15, 0.2) is 5.58 Å². The summed E-state index contributed by atoms with van der Waals surface area (Å²) < 4.78 is 5.57. The molecule has 1 aliphatic rings. The Morgan fingerprint density at radius 2 is 1.81 bits per heavy atom. The van der Waals surface area contributed by atoms with Gasteiger partial charge < -0.3 is 14.6 Å². The Hall–Kier alpha value is -3.08. The van der Waals surface area contributed by atoms with Gasteiger partial charge in [0.1, 0.15) is 5.52 Å². The SMILES string of the molecule is O=C(/C=C/c1nc2ccccc2o1)Nc1ccc(N2CCCCC2)cc1. The lowest BCUT2D eigenvalue weighted by Gasteiger charge is -2.28. The van der Waals surface area contributed by atoms with Gasteiger partial charge in [-0.15, -0.1) is 0 Å². The first-order chi connectivity index (χ1) is 12.8. The van der Waals surface area contributed by atoms with Gasteiger partial charge >= 0.3 is 0 Å². The van der Waals surface area contributed by atoms with Crippen molar-refractivity contribution in [2.75, 3.05) is 23.3 Å². The van der Waals surface area contributed by atoms with Crippen LogP contribution in [0.25, 0.3) is 17.2 Å². The van der Waals surface area contributed by atoms with Crippen molar-refractivity contribution in [1.29, 1.82) is 0 Å². The smallest absolute Gasteiger partial charge is 0.248 e. The van der Waals surface area contributed by atoms with Crippen LogP contribution in [0.4, 0.5) is 11.4 Å². The predicted octanol–water partition coefficient (Wildman–Crippen LogP) is 4.47. The standard InChI is InChI=1S/C21H21N3O2/c25-20(12-13-21-23-18-6-2-3-7-19(18)26-21)22-16-8-10-17(11-9-16)24-14-4-1-5-15-24/h2-3,6-13H,1,4-5,14-15H2,(H,22,25)/b13-12+. The van der Waals surface area contributed by atoms with E-state index in [0.29, 0.717) is 11.5 Å². The summed E-state index contributed by atoms with van der Waals surface area (Å²) in [5, 5.41) is 2.86. The van der Waals surface area contributed by atoms with E-state index in [4.69, 9.17) is 4.42 Å². The van der Waals surface area contributed by atoms with E-state index >= 15 is 0 Å². The first-order valence-corrected chi connectivity index (χ1v) is 8.98. The van der Waals surface area contributed by atoms with Crippen LogP contribution in [-0.4, -0.2) is 24.0 Å². The monoisotopic (exact) mass is 347 g/mol. The number of hydrogen-bond donors (Lipinski definition) is 1. The number of amides is 1. The van der Waals surface area contributed by atoms with E-state index in [1.807, 2.05) is 36.4 Å². The van der Waals surface area contributed by atoms with Crippen molar-refractivity contribution in [3.05, 3.63) is 60.5 Å². The molecule has 2 heterocycles. The zero-order valence-corrected chi connectivity index (χ0v) is 14.5. The van der Waals surface area contributed by atoms with E-state index in [-0.39, 0.29) is 5.91 Å². The number of piperidine rings is 1. The van der Waals surface area contributed by atoms with Crippen molar-refractivity contribution in [2.45, 2.75) is 19.3 Å². The molecule has 3 aromatic rings. The van der Waals surface area contributed by atoms with Crippen molar-refractivity contribution in [3.8, 4) is 0 Å². The number of rotatable bonds is 4. The molecule has 0 aliphatic carbocycles. The van der Waals surface area contributed by atoms with Crippen molar-refractivity contribution >= 4 is 34.5 Å². The van der Waals surface area contributed by atoms with Gasteiger partial charge in [0.2, 0.25) is 11.8 Å². The van der Waals surface area contributed by atoms with E-state index in [1.165, 1.54) is 31.0 Å². The number of carbonyl (C=O) groups is 1. The molecule has 1 saturated heterocycles. The second-order valence-electron chi connectivity index (χ2n) is 6.44. The fraction of sp³-hybridized carbons (Fsp3) is 0.238. The van der Waals surface area contributed by atoms with E-state index in [0.717, 1.165) is 24.3 Å². The van der Waals surface area contributed by atoms with Crippen LogP contribution in [0.2, 0.25) is 0 Å². The lowest BCUT2D eigenvalue weighted by atomic mass is 10.1. The van der Waals surface area contributed by atoms with Gasteiger partial charge in [0, 0.05) is 36.6 Å². The van der Waals surface area contributed by atoms with E-state index in [1.54, 1.807) is 6.08 Å². The summed E-state index contributed by atoms with van der Waals surface area (Å²) in [7, 11) is 0. The number of para-hydroxylation sites is 2. The van der Waals surface area contributed by atoms with Crippen molar-refractivity contribution in [3.63, 3.8) is 0 Å². The van der Waals surface area contributed by atoms with E-state index in [2.05, 4.69) is 27.3 Å². The highest BCUT2D eigenvalue weighted by Gasteiger charge is 2.10. The lowest BCUT2D eigenvalue weighted by molar-refractivity contribution is -0.111. The largest absolute Gasteiger partial charge is 0.437 e. The highest BCUT2D eigenvalue weighted by molar-refractivity contribution is 6.01. The van der Waals surface area contributed by atoms with Crippen LogP contribution in [0.15, 0.2) is 59.0 Å². The summed E-state index contributed by atoms with van der Waals surface area (Å²) in [6.45, 7) is 2.22. The molecule has 132 valence electrons. The maximum Gasteiger partial charge on any atom is 0.248 e. The minimum atomic E-state index is -0.210. The normalized spacial score (nSPS) is 14.8. The molecule has 0 atom stereocenters. The Bertz CT molecular complexity index is 889. The van der Waals surface area contributed by atoms with Gasteiger partial charge in [-0.3, -0.25) is 4.79 Å². The van der Waals surface area contributed by atoms with Crippen LogP contribution in [0.1, 0.15) is 25.2 Å². The molecule has 5 nitrogen and oxygen atoms in total. The second-order valence-corrected chi connectivity index (χ2v) is 6.44. The van der Waals surface area contributed by atoms with Crippen molar-refractivity contribution in [2.24, 2.45) is 0 Å². The van der Waals surface area contributed by atoms with Crippen molar-refractivity contribution < 1.29 is 9.21 Å². The van der Waals surface area contributed by atoms with Crippen LogP contribution in [-0.2, 0) is 4.79 Å². The van der Waals surface area contributed by atoms with Crippen LogP contribution < -0.4 is 10.2 Å². The van der Waals surface area contributed by atoms with Gasteiger partial charge in [-0.2, -0.15) is 0 Å². The molecule has 5 heteroatoms. The molecule has 1 aliphatic heterocycles. The number of oxazole rings is 1. The highest BCUT2D eigenvalue weighted by Crippen LogP contribution is 2.22. The average molecular weight is 347 g/mol. The molecule has 1 aromatic heterocycles. The number of nitrogens with one attached hydrogen (secondary N) is 1. The molecule has 26 heavy (non-hydrogen) atoms. The maximum atomic E-state index is 12.1. The zero-order chi connectivity index (χ0) is 17.8. The lowest BCUT2D eigenvalue weighted by Crippen LogP contribution is -2.29. The summed E-state index contributed by atoms with van der Waals surface area (Å²) in [5.74, 6) is 0.208. The molecule has 0 radical (unpaired) electrons. The molecule has 1 fully saturated rings. The molecule has 1 N–H and O–H groups in total. The Kier molecular flexibility index (Phi) is 4.69. The Morgan fingerprint density at radius 1 is 1.04 bits per heavy atom. The minimum Gasteiger partial charge on any atom is -0.437 e. The molecule has 4 rings (SSSR count). The molecular weight excluding hydrogens is 326 g/mol. The Morgan fingerprint density at radius 3 is 2.58 bits per heavy atom. The fourth-order valence-corrected chi connectivity index (χ4v) is 3.20. The van der Waals surface area contributed by atoms with Gasteiger partial charge in [-0.25, -0.2) is 4.98 Å². The van der Waals surface area contributed by atoms with Crippen LogP contribution in [0.3, 0.4) is 0 Å². The van der Waals surface area contributed by atoms with Crippen molar-refractivity contribution in [1.82, 2.24) is 4.98 Å². The average Bonchev–Trinajstić information content (AvgIpc) is 3.11. The molecular formula is C21H21N3O2. The second kappa shape index (κ2) is 7.44. The number of fused-ring (bicyclic) bond motifs is 1. The van der Waals surface area contributed by atoms with E-state index in [9.17, 15) is 4.79 Å². The topological polar surface area (TPSA) is 58.4 Å². The number of benzene rings is 2. The highest BCUT2D eigenvalue weighted by atomic mass is 16.3. The Balaban J connectivity index is 1.38. The molecule has 1 amide bonds. The number of nitrogens with zero attached hydrogens (tertiary/aromatic N) is 2. The summed E-state index contributed by atoms with van der Waals surface area (Å²) in [4.78, 5) is 18.8. The maximum absolute atomic E-state index is 12.1. The number of carbonyl (C=O) groups excluding carboxylic acids is 1. The Labute approximate surface area is 152 Å². The van der Waals surface area contributed by atoms with E-state index < -0.39 is 0 Å². The molecule has 0 unspecified atom stereocenters. The summed E-state index contributed by atoms with van der Waals surface area (Å²) in [5.41, 5.74) is 3.48. The quantitative estimate of drug-likeness (QED) is 0.708. The van der Waals surface area contributed by atoms with Gasteiger partial charge in [0.25, 0.3) is 0 Å². The number of hydrogen-bond acceptors (Lipinski definition) is 4. The zero-order valence-electron chi connectivity index (χ0n) is 14.5. The fourth-order valence-electron chi connectivity index (χ4n) is 3.20. The molecule has 0 bridgehead atoms. The van der Waals surface area contributed by atoms with Gasteiger partial charge in [0.05, 0.1) is 0 Å². The number of anilines is 2. The first-order valence-electron chi connectivity index (χ1n) is 8.98. The minimum absolute atomic E-state index is 0.210. The first kappa shape index (κ1) is 16.4. The summed E-state index contributed by atoms with van der Waals surface area (Å²) in [6, 6.07) is 15.5. The summed E-state index contributed by atoms with van der Waals surface area (Å²) in [6.07, 6.45) is 6.83. The van der Waals surface area contributed by atoms with Gasteiger partial charge in [-0.1, -0.05) is 12.1 Å². The third-order valence-corrected chi connectivity index (χ3v) is 4.54. The van der Waals surface area contributed by atoms with Gasteiger partial charge in [-0.05, 0) is 55.7 Å². The predicted molar refractivity (Wildman–Crippen MR) is 104 cm³/mol. The number of aromatic nitrogens is 1. The molecule has 0 saturated carbocycles.